The van der Waals surface area contributed by atoms with Crippen molar-refractivity contribution in [1.29, 1.82) is 5.26 Å². The van der Waals surface area contributed by atoms with Crippen LogP contribution in [-0.2, 0) is 13.1 Å². The second-order valence-corrected chi connectivity index (χ2v) is 12.2. The van der Waals surface area contributed by atoms with Crippen molar-refractivity contribution in [3.63, 3.8) is 0 Å². The number of hydrogen-bond donors (Lipinski definition) is 2. The standard InChI is InChI=1S/C37H51FN8O/c1-44(25-26-46(36-14-4-6-19-40-36)30-32-15-17-34(38)18-16-32)22-7-2-5-20-41-37(43-31-39)42-21-11-27-47-35-13-10-12-33(28-35)29-45-23-8-3-9-24-45/h4,6,10,12-19,28H,2-3,5,7-9,11,20-27,29-30H2,1H3,(H2,41,42,43). The third-order valence-corrected chi connectivity index (χ3v) is 8.29. The van der Waals surface area contributed by atoms with Crippen LogP contribution in [-0.4, -0.2) is 80.2 Å². The molecule has 0 saturated carbocycles. The van der Waals surface area contributed by atoms with Crippen LogP contribution in [0.5, 0.6) is 5.75 Å². The summed E-state index contributed by atoms with van der Waals surface area (Å²) in [6, 6.07) is 21.0. The smallest absolute Gasteiger partial charge is 0.204 e. The highest BCUT2D eigenvalue weighted by Gasteiger charge is 2.12. The van der Waals surface area contributed by atoms with E-state index in [1.807, 2.05) is 42.6 Å². The molecule has 1 aliphatic heterocycles. The number of piperidine rings is 1. The highest BCUT2D eigenvalue weighted by atomic mass is 19.1. The molecule has 1 saturated heterocycles. The monoisotopic (exact) mass is 642 g/mol. The number of nitrogens with one attached hydrogen (secondary N) is 2. The minimum absolute atomic E-state index is 0.223. The first kappa shape index (κ1) is 35.7. The Morgan fingerprint density at radius 1 is 0.957 bits per heavy atom. The Balaban J connectivity index is 1.08. The molecule has 4 rings (SSSR count). The molecule has 47 heavy (non-hydrogen) atoms. The normalized spacial score (nSPS) is 13.7. The summed E-state index contributed by atoms with van der Waals surface area (Å²) in [5.74, 6) is 2.11. The maximum absolute atomic E-state index is 13.4. The van der Waals surface area contributed by atoms with Gasteiger partial charge in [-0.05, 0) is 99.9 Å². The van der Waals surface area contributed by atoms with E-state index in [0.717, 1.165) is 75.5 Å². The highest BCUT2D eigenvalue weighted by molar-refractivity contribution is 5.81. The first-order valence-corrected chi connectivity index (χ1v) is 17.1. The molecule has 1 fully saturated rings. The van der Waals surface area contributed by atoms with Crippen LogP contribution >= 0.6 is 0 Å². The Kier molecular flexibility index (Phi) is 15.8. The Labute approximate surface area is 280 Å². The van der Waals surface area contributed by atoms with Gasteiger partial charge >= 0.3 is 0 Å². The number of anilines is 1. The van der Waals surface area contributed by atoms with Gasteiger partial charge in [-0.15, -0.1) is 0 Å². The summed E-state index contributed by atoms with van der Waals surface area (Å²) in [6.07, 6.45) is 11.6. The molecular weight excluding hydrogens is 591 g/mol. The lowest BCUT2D eigenvalue weighted by Crippen LogP contribution is -2.35. The number of pyridine rings is 1. The molecule has 252 valence electrons. The van der Waals surface area contributed by atoms with Crippen molar-refractivity contribution in [3.05, 3.63) is 89.9 Å². The van der Waals surface area contributed by atoms with E-state index in [0.29, 0.717) is 25.7 Å². The SMILES string of the molecule is CN(CCCCCNC(=NCCCOc1cccc(CN2CCCCC2)c1)NC#N)CCN(Cc1ccc(F)cc1)c1ccccn1. The number of likely N-dealkylation sites (N-methyl/N-ethyl adjacent to an activating group) is 1. The van der Waals surface area contributed by atoms with Gasteiger partial charge in [0.2, 0.25) is 5.96 Å². The molecule has 0 unspecified atom stereocenters. The number of nitriles is 1. The summed E-state index contributed by atoms with van der Waals surface area (Å²) < 4.78 is 19.4. The number of guanidine groups is 1. The molecule has 0 bridgehead atoms. The van der Waals surface area contributed by atoms with Crippen molar-refractivity contribution < 1.29 is 9.13 Å². The quantitative estimate of drug-likeness (QED) is 0.0558. The van der Waals surface area contributed by atoms with Crippen molar-refractivity contribution in [1.82, 2.24) is 25.4 Å². The molecule has 0 aliphatic carbocycles. The number of halogens is 1. The third-order valence-electron chi connectivity index (χ3n) is 8.29. The molecule has 2 aromatic carbocycles. The van der Waals surface area contributed by atoms with E-state index in [1.54, 1.807) is 6.20 Å². The number of ether oxygens (including phenoxy) is 1. The van der Waals surface area contributed by atoms with Crippen molar-refractivity contribution in [3.8, 4) is 11.9 Å². The Morgan fingerprint density at radius 2 is 1.81 bits per heavy atom. The summed E-state index contributed by atoms with van der Waals surface area (Å²) in [7, 11) is 2.14. The average molecular weight is 643 g/mol. The van der Waals surface area contributed by atoms with E-state index >= 15 is 0 Å². The molecule has 0 atom stereocenters. The van der Waals surface area contributed by atoms with E-state index in [9.17, 15) is 4.39 Å². The van der Waals surface area contributed by atoms with E-state index in [-0.39, 0.29) is 5.82 Å². The van der Waals surface area contributed by atoms with Gasteiger partial charge in [0.25, 0.3) is 0 Å². The Hall–Kier alpha value is -4.20. The van der Waals surface area contributed by atoms with E-state index < -0.39 is 0 Å². The van der Waals surface area contributed by atoms with Gasteiger partial charge in [-0.1, -0.05) is 43.2 Å². The van der Waals surface area contributed by atoms with Gasteiger partial charge in [-0.3, -0.25) is 15.2 Å². The van der Waals surface area contributed by atoms with Gasteiger partial charge in [0.15, 0.2) is 6.19 Å². The third kappa shape index (κ3) is 14.0. The van der Waals surface area contributed by atoms with Crippen molar-refractivity contribution in [2.24, 2.45) is 4.99 Å². The van der Waals surface area contributed by atoms with Crippen LogP contribution in [0.25, 0.3) is 0 Å². The molecule has 10 heteroatoms. The first-order chi connectivity index (χ1) is 23.1. The van der Waals surface area contributed by atoms with Crippen LogP contribution < -0.4 is 20.3 Å². The summed E-state index contributed by atoms with van der Waals surface area (Å²) >= 11 is 0. The van der Waals surface area contributed by atoms with Crippen LogP contribution in [0.4, 0.5) is 10.2 Å². The molecule has 0 spiro atoms. The number of hydrogen-bond acceptors (Lipinski definition) is 7. The zero-order chi connectivity index (χ0) is 32.9. The molecule has 0 radical (unpaired) electrons. The minimum atomic E-state index is -0.223. The summed E-state index contributed by atoms with van der Waals surface area (Å²) in [6.45, 7) is 8.64. The molecule has 9 nitrogen and oxygen atoms in total. The van der Waals surface area contributed by atoms with Gasteiger partial charge in [0.05, 0.1) is 6.61 Å². The fourth-order valence-corrected chi connectivity index (χ4v) is 5.67. The maximum atomic E-state index is 13.4. The van der Waals surface area contributed by atoms with Crippen LogP contribution in [0, 0.1) is 17.3 Å². The molecule has 1 aromatic heterocycles. The fourth-order valence-electron chi connectivity index (χ4n) is 5.67. The van der Waals surface area contributed by atoms with Gasteiger partial charge in [0, 0.05) is 51.9 Å². The number of aliphatic imine (C=N–C) groups is 1. The number of unbranched alkanes of at least 4 members (excludes halogenated alkanes) is 2. The van der Waals surface area contributed by atoms with Crippen LogP contribution in [0.3, 0.4) is 0 Å². The van der Waals surface area contributed by atoms with Gasteiger partial charge < -0.3 is 19.9 Å². The van der Waals surface area contributed by atoms with Crippen LogP contribution in [0.1, 0.15) is 56.1 Å². The van der Waals surface area contributed by atoms with Gasteiger partial charge in [-0.2, -0.15) is 5.26 Å². The molecular formula is C37H51FN8O. The van der Waals surface area contributed by atoms with E-state index in [4.69, 9.17) is 10.00 Å². The number of benzene rings is 2. The molecule has 2 heterocycles. The predicted molar refractivity (Wildman–Crippen MR) is 188 cm³/mol. The number of likely N-dealkylation sites (tertiary alicyclic amines) is 1. The lowest BCUT2D eigenvalue weighted by atomic mass is 10.1. The number of rotatable bonds is 19. The summed E-state index contributed by atoms with van der Waals surface area (Å²) in [5, 5.41) is 15.1. The molecule has 1 aliphatic rings. The Bertz CT molecular complexity index is 1360. The zero-order valence-electron chi connectivity index (χ0n) is 27.9. The summed E-state index contributed by atoms with van der Waals surface area (Å²) in [5.41, 5.74) is 2.35. The lowest BCUT2D eigenvalue weighted by molar-refractivity contribution is 0.220. The van der Waals surface area contributed by atoms with E-state index in [2.05, 4.69) is 60.6 Å². The number of aromatic nitrogens is 1. The molecule has 0 amide bonds. The average Bonchev–Trinajstić information content (AvgIpc) is 3.09. The first-order valence-electron chi connectivity index (χ1n) is 17.1. The second-order valence-electron chi connectivity index (χ2n) is 12.2. The molecule has 2 N–H and O–H groups in total. The topological polar surface area (TPSA) is 92.0 Å². The zero-order valence-corrected chi connectivity index (χ0v) is 27.9. The van der Waals surface area contributed by atoms with Crippen molar-refractivity contribution >= 4 is 11.8 Å². The largest absolute Gasteiger partial charge is 0.494 e. The summed E-state index contributed by atoms with van der Waals surface area (Å²) in [4.78, 5) is 16.2. The maximum Gasteiger partial charge on any atom is 0.204 e. The lowest BCUT2D eigenvalue weighted by Gasteiger charge is -2.27. The van der Waals surface area contributed by atoms with Crippen molar-refractivity contribution in [2.75, 3.05) is 64.4 Å². The van der Waals surface area contributed by atoms with E-state index in [1.165, 1.54) is 50.0 Å². The van der Waals surface area contributed by atoms with Gasteiger partial charge in [0.1, 0.15) is 17.4 Å². The Morgan fingerprint density at radius 3 is 2.60 bits per heavy atom. The molecule has 3 aromatic rings. The predicted octanol–water partition coefficient (Wildman–Crippen LogP) is 5.80. The highest BCUT2D eigenvalue weighted by Crippen LogP contribution is 2.18. The van der Waals surface area contributed by atoms with Crippen LogP contribution in [0.2, 0.25) is 0 Å². The number of nitrogens with zero attached hydrogens (tertiary/aromatic N) is 6. The van der Waals surface area contributed by atoms with Crippen LogP contribution in [0.15, 0.2) is 77.9 Å². The second kappa shape index (κ2) is 20.8. The van der Waals surface area contributed by atoms with Gasteiger partial charge in [-0.25, -0.2) is 9.37 Å². The fraction of sp³-hybridized carbons (Fsp3) is 0.486. The minimum Gasteiger partial charge on any atom is -0.494 e. The van der Waals surface area contributed by atoms with Crippen molar-refractivity contribution in [2.45, 2.75) is 58.0 Å².